The highest BCUT2D eigenvalue weighted by Gasteiger charge is 2.23. The smallest absolute Gasteiger partial charge is 0.269 e. The molecule has 1 N–H and O–H groups in total. The van der Waals surface area contributed by atoms with Crippen molar-refractivity contribution in [2.45, 2.75) is 10.8 Å². The summed E-state index contributed by atoms with van der Waals surface area (Å²) in [6, 6.07) is 6.67. The topological polar surface area (TPSA) is 122 Å². The number of aromatic nitrogens is 4. The van der Waals surface area contributed by atoms with Crippen LogP contribution in [-0.2, 0) is 10.5 Å². The van der Waals surface area contributed by atoms with Gasteiger partial charge in [0.2, 0.25) is 5.95 Å². The Bertz CT molecular complexity index is 1150. The van der Waals surface area contributed by atoms with Gasteiger partial charge in [0.15, 0.2) is 5.82 Å². The van der Waals surface area contributed by atoms with E-state index in [1.807, 2.05) is 6.07 Å². The van der Waals surface area contributed by atoms with E-state index >= 15 is 0 Å². The zero-order chi connectivity index (χ0) is 22.6. The predicted octanol–water partition coefficient (Wildman–Crippen LogP) is 1.87. The summed E-state index contributed by atoms with van der Waals surface area (Å²) in [4.78, 5) is 34.0. The summed E-state index contributed by atoms with van der Waals surface area (Å²) in [5, 5.41) is 15.2. The normalized spacial score (nSPS) is 16.8. The highest BCUT2D eigenvalue weighted by Crippen LogP contribution is 2.32. The molecule has 4 heterocycles. The number of non-ortho nitro benzene ring substituents is 1. The number of piperazine rings is 1. The summed E-state index contributed by atoms with van der Waals surface area (Å²) in [6.45, 7) is 6.21. The van der Waals surface area contributed by atoms with Crippen molar-refractivity contribution in [1.82, 2.24) is 25.3 Å². The van der Waals surface area contributed by atoms with Crippen LogP contribution >= 0.6 is 11.8 Å². The minimum atomic E-state index is -0.379. The summed E-state index contributed by atoms with van der Waals surface area (Å²) in [5.74, 6) is 2.02. The number of hydrogen-bond acceptors (Lipinski definition) is 11. The minimum absolute atomic E-state index is 0.0820. The van der Waals surface area contributed by atoms with Crippen molar-refractivity contribution in [2.24, 2.45) is 0 Å². The Hall–Kier alpha value is -3.09. The summed E-state index contributed by atoms with van der Waals surface area (Å²) < 4.78 is 5.53. The number of morpholine rings is 1. The van der Waals surface area contributed by atoms with E-state index in [4.69, 9.17) is 14.7 Å². The lowest BCUT2D eigenvalue weighted by atomic mass is 10.2. The van der Waals surface area contributed by atoms with E-state index in [-0.39, 0.29) is 10.6 Å². The fourth-order valence-electron chi connectivity index (χ4n) is 3.92. The lowest BCUT2D eigenvalue weighted by Gasteiger charge is -2.31. The van der Waals surface area contributed by atoms with Crippen molar-refractivity contribution in [3.63, 3.8) is 0 Å². The number of nitro groups is 1. The number of nitrogens with zero attached hydrogens (tertiary/aromatic N) is 7. The molecule has 2 fully saturated rings. The average Bonchev–Trinajstić information content (AvgIpc) is 2.88. The van der Waals surface area contributed by atoms with Crippen molar-refractivity contribution in [1.29, 1.82) is 0 Å². The van der Waals surface area contributed by atoms with Crippen LogP contribution in [0.1, 0.15) is 5.56 Å². The Morgan fingerprint density at radius 3 is 2.67 bits per heavy atom. The number of nitrogens with one attached hydrogen (secondary N) is 1. The second-order valence-corrected chi connectivity index (χ2v) is 8.74. The number of anilines is 2. The molecule has 11 nitrogen and oxygen atoms in total. The number of ether oxygens (including phenoxy) is 1. The van der Waals surface area contributed by atoms with E-state index in [2.05, 4.69) is 25.1 Å². The van der Waals surface area contributed by atoms with Crippen LogP contribution in [-0.4, -0.2) is 77.3 Å². The Morgan fingerprint density at radius 2 is 1.88 bits per heavy atom. The first-order chi connectivity index (χ1) is 16.2. The van der Waals surface area contributed by atoms with E-state index in [0.29, 0.717) is 35.9 Å². The van der Waals surface area contributed by atoms with E-state index < -0.39 is 0 Å². The molecule has 33 heavy (non-hydrogen) atoms. The molecule has 0 spiro atoms. The summed E-state index contributed by atoms with van der Waals surface area (Å²) in [6.07, 6.45) is 1.54. The van der Waals surface area contributed by atoms with Crippen LogP contribution in [0.5, 0.6) is 0 Å². The predicted molar refractivity (Wildman–Crippen MR) is 126 cm³/mol. The van der Waals surface area contributed by atoms with Crippen LogP contribution in [0.3, 0.4) is 0 Å². The molecule has 2 saturated heterocycles. The van der Waals surface area contributed by atoms with Crippen LogP contribution < -0.4 is 15.1 Å². The largest absolute Gasteiger partial charge is 0.378 e. The molecule has 3 aromatic rings. The molecule has 0 amide bonds. The zero-order valence-corrected chi connectivity index (χ0v) is 18.8. The maximum atomic E-state index is 11.1. The molecule has 5 rings (SSSR count). The molecule has 12 heteroatoms. The lowest BCUT2D eigenvalue weighted by Crippen LogP contribution is -2.44. The Labute approximate surface area is 194 Å². The van der Waals surface area contributed by atoms with E-state index in [9.17, 15) is 10.1 Å². The summed E-state index contributed by atoms with van der Waals surface area (Å²) in [7, 11) is 0. The molecule has 172 valence electrons. The molecule has 0 aliphatic carbocycles. The average molecular weight is 469 g/mol. The van der Waals surface area contributed by atoms with Gasteiger partial charge in [-0.1, -0.05) is 23.9 Å². The van der Waals surface area contributed by atoms with Gasteiger partial charge in [-0.05, 0) is 5.56 Å². The molecule has 0 bridgehead atoms. The summed E-state index contributed by atoms with van der Waals surface area (Å²) in [5.41, 5.74) is 2.36. The van der Waals surface area contributed by atoms with Crippen molar-refractivity contribution in [3.05, 3.63) is 46.3 Å². The van der Waals surface area contributed by atoms with Gasteiger partial charge in [0.25, 0.3) is 5.69 Å². The molecule has 2 aromatic heterocycles. The number of benzene rings is 1. The van der Waals surface area contributed by atoms with Crippen LogP contribution in [0.2, 0.25) is 0 Å². The minimum Gasteiger partial charge on any atom is -0.378 e. The van der Waals surface area contributed by atoms with Gasteiger partial charge in [-0.3, -0.25) is 10.1 Å². The van der Waals surface area contributed by atoms with Gasteiger partial charge in [-0.25, -0.2) is 15.0 Å². The standard InChI is InChI=1S/C21H24N8O3S/c30-29(31)16-3-1-2-15(12-16)13-33-20-18-17(23-14-24-20)19(27-8-10-32-11-9-27)26-21(25-18)28-6-4-22-5-7-28/h1-3,12,14,22H,4-11,13H2. The van der Waals surface area contributed by atoms with E-state index in [1.54, 1.807) is 12.1 Å². The molecule has 0 unspecified atom stereocenters. The van der Waals surface area contributed by atoms with Gasteiger partial charge < -0.3 is 19.9 Å². The van der Waals surface area contributed by atoms with Crippen molar-refractivity contribution in [3.8, 4) is 0 Å². The van der Waals surface area contributed by atoms with Gasteiger partial charge in [-0.15, -0.1) is 0 Å². The maximum absolute atomic E-state index is 11.1. The lowest BCUT2D eigenvalue weighted by molar-refractivity contribution is -0.384. The first kappa shape index (κ1) is 21.7. The van der Waals surface area contributed by atoms with Gasteiger partial charge in [-0.2, -0.15) is 4.98 Å². The SMILES string of the molecule is O=[N+]([O-])c1cccc(CSc2ncnc3c(N4CCOCC4)nc(N4CCNCC4)nc23)c1. The van der Waals surface area contributed by atoms with Gasteiger partial charge in [0.1, 0.15) is 22.4 Å². The molecule has 2 aliphatic rings. The Morgan fingerprint density at radius 1 is 1.06 bits per heavy atom. The van der Waals surface area contributed by atoms with Crippen LogP contribution in [0.15, 0.2) is 35.6 Å². The fourth-order valence-corrected chi connectivity index (χ4v) is 4.80. The number of rotatable bonds is 6. The van der Waals surface area contributed by atoms with Gasteiger partial charge >= 0.3 is 0 Å². The van der Waals surface area contributed by atoms with E-state index in [1.165, 1.54) is 24.2 Å². The highest BCUT2D eigenvalue weighted by atomic mass is 32.2. The quantitative estimate of drug-likeness (QED) is 0.247. The number of thioether (sulfide) groups is 1. The third-order valence-corrected chi connectivity index (χ3v) is 6.68. The molecule has 1 aromatic carbocycles. The first-order valence-corrected chi connectivity index (χ1v) is 11.8. The maximum Gasteiger partial charge on any atom is 0.269 e. The van der Waals surface area contributed by atoms with Crippen molar-refractivity contribution >= 4 is 40.2 Å². The highest BCUT2D eigenvalue weighted by molar-refractivity contribution is 7.98. The molecule has 0 saturated carbocycles. The molecule has 0 atom stereocenters. The fraction of sp³-hybridized carbons (Fsp3) is 0.429. The molecule has 0 radical (unpaired) electrons. The van der Waals surface area contributed by atoms with E-state index in [0.717, 1.165) is 55.7 Å². The first-order valence-electron chi connectivity index (χ1n) is 10.9. The third kappa shape index (κ3) is 4.82. The monoisotopic (exact) mass is 468 g/mol. The summed E-state index contributed by atoms with van der Waals surface area (Å²) >= 11 is 1.50. The van der Waals surface area contributed by atoms with Gasteiger partial charge in [0, 0.05) is 57.2 Å². The van der Waals surface area contributed by atoms with Gasteiger partial charge in [0.05, 0.1) is 18.1 Å². The number of fused-ring (bicyclic) bond motifs is 1. The number of nitro benzene ring substituents is 1. The Balaban J connectivity index is 1.51. The number of hydrogen-bond donors (Lipinski definition) is 1. The van der Waals surface area contributed by atoms with Crippen molar-refractivity contribution in [2.75, 3.05) is 62.3 Å². The van der Waals surface area contributed by atoms with Crippen molar-refractivity contribution < 1.29 is 9.66 Å². The molecular weight excluding hydrogens is 444 g/mol. The zero-order valence-electron chi connectivity index (χ0n) is 18.0. The third-order valence-electron chi connectivity index (χ3n) is 5.63. The second-order valence-electron chi connectivity index (χ2n) is 7.78. The van der Waals surface area contributed by atoms with Crippen LogP contribution in [0.25, 0.3) is 11.0 Å². The molecule has 2 aliphatic heterocycles. The second kappa shape index (κ2) is 9.81. The van der Waals surface area contributed by atoms with Crippen LogP contribution in [0, 0.1) is 10.1 Å². The van der Waals surface area contributed by atoms with Crippen LogP contribution in [0.4, 0.5) is 17.5 Å². The Kier molecular flexibility index (Phi) is 6.46. The molecular formula is C21H24N8O3S.